The smallest absolute Gasteiger partial charge is 0.0648 e. The highest BCUT2D eigenvalue weighted by atomic mass is 15.3. The molecular weight excluding hydrogens is 272 g/mol. The molecule has 22 heavy (non-hydrogen) atoms. The zero-order valence-corrected chi connectivity index (χ0v) is 13.7. The highest BCUT2D eigenvalue weighted by molar-refractivity contribution is 5.35. The van der Waals surface area contributed by atoms with Crippen molar-refractivity contribution >= 4 is 0 Å². The van der Waals surface area contributed by atoms with Gasteiger partial charge in [0.05, 0.1) is 5.69 Å². The summed E-state index contributed by atoms with van der Waals surface area (Å²) < 4.78 is 1.93. The Labute approximate surface area is 133 Å². The van der Waals surface area contributed by atoms with E-state index in [9.17, 15) is 0 Å². The molecule has 118 valence electrons. The Bertz CT molecular complexity index is 577. The highest BCUT2D eigenvalue weighted by Gasteiger charge is 2.19. The minimum absolute atomic E-state index is 0.678. The maximum atomic E-state index is 4.32. The van der Waals surface area contributed by atoms with E-state index >= 15 is 0 Å². The number of likely N-dealkylation sites (N-methyl/N-ethyl adjacent to an activating group) is 1. The fourth-order valence-electron chi connectivity index (χ4n) is 3.24. The molecule has 0 spiro atoms. The van der Waals surface area contributed by atoms with Gasteiger partial charge in [-0.2, -0.15) is 5.10 Å². The molecule has 4 nitrogen and oxygen atoms in total. The largest absolute Gasteiger partial charge is 0.305 e. The van der Waals surface area contributed by atoms with E-state index in [4.69, 9.17) is 0 Å². The maximum Gasteiger partial charge on any atom is 0.0648 e. The van der Waals surface area contributed by atoms with Crippen LogP contribution in [0.15, 0.2) is 42.7 Å². The number of likely N-dealkylation sites (tertiary alicyclic amines) is 1. The van der Waals surface area contributed by atoms with Crippen molar-refractivity contribution in [3.63, 3.8) is 0 Å². The van der Waals surface area contributed by atoms with E-state index in [-0.39, 0.29) is 0 Å². The second kappa shape index (κ2) is 7.07. The first-order valence-corrected chi connectivity index (χ1v) is 8.20. The number of hydrogen-bond donors (Lipinski definition) is 0. The van der Waals surface area contributed by atoms with Crippen molar-refractivity contribution in [3.05, 3.63) is 48.3 Å². The van der Waals surface area contributed by atoms with Crippen molar-refractivity contribution in [1.29, 1.82) is 0 Å². The van der Waals surface area contributed by atoms with E-state index in [1.54, 1.807) is 0 Å². The summed E-state index contributed by atoms with van der Waals surface area (Å²) in [4.78, 5) is 4.97. The Morgan fingerprint density at radius 1 is 1.23 bits per heavy atom. The summed E-state index contributed by atoms with van der Waals surface area (Å²) in [5.74, 6) is 0. The lowest BCUT2D eigenvalue weighted by atomic mass is 10.1. The average molecular weight is 298 g/mol. The van der Waals surface area contributed by atoms with Gasteiger partial charge in [-0.15, -0.1) is 0 Å². The van der Waals surface area contributed by atoms with E-state index in [1.807, 2.05) is 23.1 Å². The van der Waals surface area contributed by atoms with E-state index in [0.717, 1.165) is 12.2 Å². The molecule has 1 fully saturated rings. The molecule has 0 amide bonds. The zero-order valence-electron chi connectivity index (χ0n) is 13.7. The third kappa shape index (κ3) is 3.76. The number of nitrogens with zero attached hydrogens (tertiary/aromatic N) is 4. The fourth-order valence-corrected chi connectivity index (χ4v) is 3.24. The Kier molecular flexibility index (Phi) is 4.90. The quantitative estimate of drug-likeness (QED) is 0.867. The molecular formula is C18H26N4. The van der Waals surface area contributed by atoms with Gasteiger partial charge in [-0.3, -0.25) is 4.90 Å². The molecule has 0 bridgehead atoms. The summed E-state index contributed by atoms with van der Waals surface area (Å²) in [6.45, 7) is 3.40. The van der Waals surface area contributed by atoms with Crippen LogP contribution >= 0.6 is 0 Å². The van der Waals surface area contributed by atoms with Gasteiger partial charge in [0.25, 0.3) is 0 Å². The van der Waals surface area contributed by atoms with Crippen LogP contribution in [-0.4, -0.2) is 52.8 Å². The van der Waals surface area contributed by atoms with Crippen LogP contribution in [0.2, 0.25) is 0 Å². The van der Waals surface area contributed by atoms with Crippen LogP contribution in [-0.2, 0) is 6.54 Å². The molecule has 1 aliphatic heterocycles. The van der Waals surface area contributed by atoms with Crippen molar-refractivity contribution in [2.75, 3.05) is 27.2 Å². The second-order valence-corrected chi connectivity index (χ2v) is 6.47. The predicted molar refractivity (Wildman–Crippen MR) is 90.2 cm³/mol. The van der Waals surface area contributed by atoms with Crippen LogP contribution in [0.25, 0.3) is 5.69 Å². The topological polar surface area (TPSA) is 24.3 Å². The van der Waals surface area contributed by atoms with Gasteiger partial charge in [0, 0.05) is 31.5 Å². The van der Waals surface area contributed by atoms with Crippen molar-refractivity contribution in [2.24, 2.45) is 0 Å². The molecule has 0 radical (unpaired) electrons. The molecule has 3 rings (SSSR count). The van der Waals surface area contributed by atoms with Gasteiger partial charge >= 0.3 is 0 Å². The van der Waals surface area contributed by atoms with E-state index in [2.05, 4.69) is 53.3 Å². The van der Waals surface area contributed by atoms with Crippen molar-refractivity contribution in [3.8, 4) is 5.69 Å². The summed E-state index contributed by atoms with van der Waals surface area (Å²) in [6, 6.07) is 11.4. The van der Waals surface area contributed by atoms with Gasteiger partial charge in [-0.1, -0.05) is 18.6 Å². The fraction of sp³-hybridized carbons (Fsp3) is 0.500. The predicted octanol–water partition coefficient (Wildman–Crippen LogP) is 2.79. The second-order valence-electron chi connectivity index (χ2n) is 6.47. The van der Waals surface area contributed by atoms with Crippen LogP contribution in [0.5, 0.6) is 0 Å². The van der Waals surface area contributed by atoms with E-state index in [0.29, 0.717) is 6.04 Å². The Balaban J connectivity index is 1.71. The van der Waals surface area contributed by atoms with Gasteiger partial charge in [-0.25, -0.2) is 4.68 Å². The minimum Gasteiger partial charge on any atom is -0.305 e. The summed E-state index contributed by atoms with van der Waals surface area (Å²) in [7, 11) is 4.40. The molecule has 2 aromatic rings. The Morgan fingerprint density at radius 3 is 2.91 bits per heavy atom. The number of rotatable bonds is 4. The van der Waals surface area contributed by atoms with Crippen LogP contribution in [0.4, 0.5) is 0 Å². The molecule has 2 heterocycles. The highest BCUT2D eigenvalue weighted by Crippen LogP contribution is 2.17. The number of benzene rings is 1. The van der Waals surface area contributed by atoms with Gasteiger partial charge < -0.3 is 4.90 Å². The molecule has 1 aromatic carbocycles. The molecule has 4 heteroatoms. The zero-order chi connectivity index (χ0) is 15.4. The number of aromatic nitrogens is 2. The lowest BCUT2D eigenvalue weighted by Gasteiger charge is -2.28. The van der Waals surface area contributed by atoms with Crippen molar-refractivity contribution < 1.29 is 0 Å². The van der Waals surface area contributed by atoms with Crippen LogP contribution in [0.3, 0.4) is 0 Å². The first-order valence-electron chi connectivity index (χ1n) is 8.20. The normalized spacial score (nSPS) is 20.2. The summed E-state index contributed by atoms with van der Waals surface area (Å²) >= 11 is 0. The first-order chi connectivity index (χ1) is 10.7. The lowest BCUT2D eigenvalue weighted by Crippen LogP contribution is -2.38. The molecule has 0 saturated carbocycles. The Morgan fingerprint density at radius 2 is 2.14 bits per heavy atom. The van der Waals surface area contributed by atoms with Crippen LogP contribution in [0.1, 0.15) is 24.8 Å². The maximum absolute atomic E-state index is 4.32. The summed E-state index contributed by atoms with van der Waals surface area (Å²) in [5.41, 5.74) is 2.51. The SMILES string of the molecule is CN(C)[C@H]1CCCCN(Cc2cccc(-n3cccn3)c2)C1. The van der Waals surface area contributed by atoms with Crippen LogP contribution < -0.4 is 0 Å². The van der Waals surface area contributed by atoms with Gasteiger partial charge in [-0.05, 0) is 57.2 Å². The van der Waals surface area contributed by atoms with Gasteiger partial charge in [0.1, 0.15) is 0 Å². The standard InChI is InChI=1S/C18H26N4/c1-20(2)18-8-3-4-11-21(15-18)14-16-7-5-9-17(13-16)22-12-6-10-19-22/h5-7,9-10,12-13,18H,3-4,8,11,14-15H2,1-2H3/t18-/m0/s1. The Hall–Kier alpha value is -1.65. The molecule has 0 unspecified atom stereocenters. The van der Waals surface area contributed by atoms with E-state index in [1.165, 1.54) is 37.9 Å². The average Bonchev–Trinajstić information content (AvgIpc) is 2.95. The summed E-state index contributed by atoms with van der Waals surface area (Å²) in [5, 5.41) is 4.32. The monoisotopic (exact) mass is 298 g/mol. The number of hydrogen-bond acceptors (Lipinski definition) is 3. The third-order valence-electron chi connectivity index (χ3n) is 4.55. The molecule has 1 aromatic heterocycles. The molecule has 1 saturated heterocycles. The summed E-state index contributed by atoms with van der Waals surface area (Å²) in [6.07, 6.45) is 7.78. The van der Waals surface area contributed by atoms with Gasteiger partial charge in [0.2, 0.25) is 0 Å². The van der Waals surface area contributed by atoms with Gasteiger partial charge in [0.15, 0.2) is 0 Å². The molecule has 0 aliphatic carbocycles. The van der Waals surface area contributed by atoms with Crippen LogP contribution in [0, 0.1) is 0 Å². The minimum atomic E-state index is 0.678. The van der Waals surface area contributed by atoms with Crippen molar-refractivity contribution in [2.45, 2.75) is 31.8 Å². The molecule has 0 N–H and O–H groups in total. The molecule has 1 aliphatic rings. The first kappa shape index (κ1) is 15.3. The third-order valence-corrected chi connectivity index (χ3v) is 4.55. The lowest BCUT2D eigenvalue weighted by molar-refractivity contribution is 0.191. The molecule has 1 atom stereocenters. The van der Waals surface area contributed by atoms with E-state index < -0.39 is 0 Å². The van der Waals surface area contributed by atoms with Crippen molar-refractivity contribution in [1.82, 2.24) is 19.6 Å².